The van der Waals surface area contributed by atoms with Gasteiger partial charge in [0.25, 0.3) is 0 Å². The highest BCUT2D eigenvalue weighted by Crippen LogP contribution is 2.27. The summed E-state index contributed by atoms with van der Waals surface area (Å²) < 4.78 is 5.84. The fourth-order valence-electron chi connectivity index (χ4n) is 3.15. The van der Waals surface area contributed by atoms with E-state index in [1.165, 1.54) is 31.2 Å². The molecule has 0 aliphatic carbocycles. The summed E-state index contributed by atoms with van der Waals surface area (Å²) in [6, 6.07) is 8.10. The molecule has 3 rings (SSSR count). The van der Waals surface area contributed by atoms with Crippen molar-refractivity contribution in [2.24, 2.45) is 0 Å². The molecule has 0 spiro atoms. The third-order valence-electron chi connectivity index (χ3n) is 4.31. The number of carbonyl (C=O) groups excluding carboxylic acids is 1. The van der Waals surface area contributed by atoms with E-state index < -0.39 is 0 Å². The van der Waals surface area contributed by atoms with Crippen LogP contribution in [-0.2, 0) is 11.2 Å². The van der Waals surface area contributed by atoms with Gasteiger partial charge in [0, 0.05) is 6.42 Å². The number of benzene rings is 1. The zero-order valence-corrected chi connectivity index (χ0v) is 12.5. The van der Waals surface area contributed by atoms with Crippen molar-refractivity contribution < 1.29 is 9.53 Å². The molecule has 1 amide bonds. The normalized spacial score (nSPS) is 22.2. The van der Waals surface area contributed by atoms with Crippen molar-refractivity contribution in [3.8, 4) is 5.75 Å². The molecule has 1 saturated heterocycles. The maximum absolute atomic E-state index is 12.0. The van der Waals surface area contributed by atoms with Gasteiger partial charge in [-0.3, -0.25) is 9.69 Å². The van der Waals surface area contributed by atoms with Gasteiger partial charge in [-0.1, -0.05) is 31.0 Å². The summed E-state index contributed by atoms with van der Waals surface area (Å²) in [5.74, 6) is 1.08. The van der Waals surface area contributed by atoms with Crippen LogP contribution in [0.2, 0.25) is 0 Å². The number of carbonyl (C=O) groups is 1. The highest BCUT2D eigenvalue weighted by atomic mass is 16.5. The Morgan fingerprint density at radius 1 is 1.19 bits per heavy atom. The predicted molar refractivity (Wildman–Crippen MR) is 82.5 cm³/mol. The third-order valence-corrected chi connectivity index (χ3v) is 4.31. The number of fused-ring (bicyclic) bond motifs is 1. The molecule has 1 aromatic carbocycles. The lowest BCUT2D eigenvalue weighted by Gasteiger charge is -2.19. The summed E-state index contributed by atoms with van der Waals surface area (Å²) in [5.41, 5.74) is 1.24. The molecule has 2 heterocycles. The van der Waals surface area contributed by atoms with Crippen molar-refractivity contribution in [2.45, 2.75) is 38.2 Å². The van der Waals surface area contributed by atoms with E-state index in [1.54, 1.807) is 0 Å². The van der Waals surface area contributed by atoms with Gasteiger partial charge >= 0.3 is 0 Å². The Balaban J connectivity index is 1.40. The molecule has 4 nitrogen and oxygen atoms in total. The molecule has 114 valence electrons. The van der Waals surface area contributed by atoms with E-state index in [4.69, 9.17) is 4.74 Å². The van der Waals surface area contributed by atoms with Crippen LogP contribution in [0.3, 0.4) is 0 Å². The Kier molecular flexibility index (Phi) is 4.76. The van der Waals surface area contributed by atoms with E-state index in [1.807, 2.05) is 18.2 Å². The first-order valence-corrected chi connectivity index (χ1v) is 8.05. The van der Waals surface area contributed by atoms with Crippen LogP contribution in [0.25, 0.3) is 0 Å². The molecular weight excluding hydrogens is 264 g/mol. The molecule has 0 radical (unpaired) electrons. The Morgan fingerprint density at radius 3 is 2.71 bits per heavy atom. The summed E-state index contributed by atoms with van der Waals surface area (Å²) in [6.07, 6.45) is 6.00. The van der Waals surface area contributed by atoms with E-state index in [9.17, 15) is 4.79 Å². The first-order chi connectivity index (χ1) is 10.3. The fourth-order valence-corrected chi connectivity index (χ4v) is 3.15. The number of nitrogens with zero attached hydrogens (tertiary/aromatic N) is 1. The van der Waals surface area contributed by atoms with Crippen molar-refractivity contribution in [1.82, 2.24) is 10.2 Å². The molecule has 0 bridgehead atoms. The maximum atomic E-state index is 12.0. The molecule has 1 fully saturated rings. The van der Waals surface area contributed by atoms with Crippen molar-refractivity contribution in [3.05, 3.63) is 29.8 Å². The lowest BCUT2D eigenvalue weighted by molar-refractivity contribution is -0.122. The highest BCUT2D eigenvalue weighted by Gasteiger charge is 2.23. The van der Waals surface area contributed by atoms with E-state index in [2.05, 4.69) is 16.3 Å². The molecule has 4 heteroatoms. The molecule has 0 aromatic heterocycles. The number of para-hydroxylation sites is 1. The first kappa shape index (κ1) is 14.4. The van der Waals surface area contributed by atoms with Crippen LogP contribution < -0.4 is 10.1 Å². The monoisotopic (exact) mass is 288 g/mol. The number of hydrogen-bond donors (Lipinski definition) is 1. The third kappa shape index (κ3) is 3.97. The lowest BCUT2D eigenvalue weighted by Crippen LogP contribution is -2.41. The number of hydrogen-bond acceptors (Lipinski definition) is 3. The number of amides is 1. The van der Waals surface area contributed by atoms with Crippen LogP contribution >= 0.6 is 0 Å². The zero-order valence-electron chi connectivity index (χ0n) is 12.5. The molecular formula is C17H24N2O2. The average Bonchev–Trinajstić information content (AvgIpc) is 2.74. The van der Waals surface area contributed by atoms with Gasteiger partial charge in [-0.2, -0.15) is 0 Å². The maximum Gasteiger partial charge on any atom is 0.234 e. The van der Waals surface area contributed by atoms with Crippen LogP contribution in [0, 0.1) is 0 Å². The van der Waals surface area contributed by atoms with E-state index in [0.717, 1.165) is 25.3 Å². The minimum absolute atomic E-state index is 0.0792. The first-order valence-electron chi connectivity index (χ1n) is 8.05. The van der Waals surface area contributed by atoms with Crippen molar-refractivity contribution in [2.75, 3.05) is 26.2 Å². The summed E-state index contributed by atoms with van der Waals surface area (Å²) in [6.45, 7) is 3.23. The van der Waals surface area contributed by atoms with Gasteiger partial charge in [0.1, 0.15) is 11.9 Å². The van der Waals surface area contributed by atoms with Crippen molar-refractivity contribution >= 4 is 5.91 Å². The van der Waals surface area contributed by atoms with Crippen LogP contribution in [0.15, 0.2) is 24.3 Å². The molecule has 1 atom stereocenters. The van der Waals surface area contributed by atoms with Gasteiger partial charge < -0.3 is 10.1 Å². The zero-order chi connectivity index (χ0) is 14.5. The lowest BCUT2D eigenvalue weighted by atomic mass is 10.1. The Morgan fingerprint density at radius 2 is 1.95 bits per heavy atom. The molecule has 2 aliphatic heterocycles. The van der Waals surface area contributed by atoms with Gasteiger partial charge in [-0.15, -0.1) is 0 Å². The van der Waals surface area contributed by atoms with Crippen LogP contribution in [0.4, 0.5) is 0 Å². The smallest absolute Gasteiger partial charge is 0.234 e. The predicted octanol–water partition coefficient (Wildman–Crippen LogP) is 1.98. The highest BCUT2D eigenvalue weighted by molar-refractivity contribution is 5.78. The fraction of sp³-hybridized carbons (Fsp3) is 0.588. The largest absolute Gasteiger partial charge is 0.488 e. The SMILES string of the molecule is O=C(CN1CCCCCC1)NCC1Cc2ccccc2O1. The second kappa shape index (κ2) is 6.94. The summed E-state index contributed by atoms with van der Waals surface area (Å²) in [7, 11) is 0. The molecule has 1 unspecified atom stereocenters. The van der Waals surface area contributed by atoms with Gasteiger partial charge in [0.05, 0.1) is 13.1 Å². The summed E-state index contributed by atoms with van der Waals surface area (Å²) in [4.78, 5) is 14.3. The summed E-state index contributed by atoms with van der Waals surface area (Å²) >= 11 is 0. The molecule has 2 aliphatic rings. The second-order valence-electron chi connectivity index (χ2n) is 6.05. The van der Waals surface area contributed by atoms with Crippen LogP contribution in [0.1, 0.15) is 31.2 Å². The van der Waals surface area contributed by atoms with Crippen molar-refractivity contribution in [1.29, 1.82) is 0 Å². The van der Waals surface area contributed by atoms with Crippen LogP contribution in [-0.4, -0.2) is 43.1 Å². The molecule has 0 saturated carbocycles. The topological polar surface area (TPSA) is 41.6 Å². The number of likely N-dealkylation sites (tertiary alicyclic amines) is 1. The molecule has 1 N–H and O–H groups in total. The number of ether oxygens (including phenoxy) is 1. The quantitative estimate of drug-likeness (QED) is 0.921. The standard InChI is InChI=1S/C17H24N2O2/c20-17(13-19-9-5-1-2-6-10-19)18-12-15-11-14-7-3-4-8-16(14)21-15/h3-4,7-8,15H,1-2,5-6,9-13H2,(H,18,20). The Labute approximate surface area is 126 Å². The Hall–Kier alpha value is -1.55. The van der Waals surface area contributed by atoms with Crippen molar-refractivity contribution in [3.63, 3.8) is 0 Å². The average molecular weight is 288 g/mol. The van der Waals surface area contributed by atoms with Gasteiger partial charge in [-0.25, -0.2) is 0 Å². The number of nitrogens with one attached hydrogen (secondary N) is 1. The van der Waals surface area contributed by atoms with E-state index in [-0.39, 0.29) is 12.0 Å². The summed E-state index contributed by atoms with van der Waals surface area (Å²) in [5, 5.41) is 3.02. The minimum Gasteiger partial charge on any atom is -0.488 e. The van der Waals surface area contributed by atoms with Gasteiger partial charge in [0.15, 0.2) is 0 Å². The van der Waals surface area contributed by atoms with E-state index in [0.29, 0.717) is 13.1 Å². The second-order valence-corrected chi connectivity index (χ2v) is 6.05. The Bertz CT molecular complexity index is 456. The minimum atomic E-state index is 0.0792. The molecule has 1 aromatic rings. The number of rotatable bonds is 4. The van der Waals surface area contributed by atoms with E-state index >= 15 is 0 Å². The van der Waals surface area contributed by atoms with Gasteiger partial charge in [0.2, 0.25) is 5.91 Å². The molecule has 21 heavy (non-hydrogen) atoms. The van der Waals surface area contributed by atoms with Gasteiger partial charge in [-0.05, 0) is 37.6 Å². The van der Waals surface area contributed by atoms with Crippen LogP contribution in [0.5, 0.6) is 5.75 Å².